The smallest absolute Gasteiger partial charge is 0.225 e. The van der Waals surface area contributed by atoms with Gasteiger partial charge in [0.1, 0.15) is 8.07 Å². The van der Waals surface area contributed by atoms with Gasteiger partial charge in [-0.1, -0.05) is 386 Å². The summed E-state index contributed by atoms with van der Waals surface area (Å²) in [5.41, 5.74) is 5.48. The van der Waals surface area contributed by atoms with Crippen LogP contribution in [0, 0.1) is 0 Å². The van der Waals surface area contributed by atoms with Crippen LogP contribution in [-0.2, 0) is 0 Å². The van der Waals surface area contributed by atoms with E-state index in [0.29, 0.717) is 0 Å². The largest absolute Gasteiger partial charge is 0.359 e. The first-order valence-electron chi connectivity index (χ1n) is 39.0. The zero-order valence-corrected chi connectivity index (χ0v) is 63.0. The minimum absolute atomic E-state index is 1.14. The van der Waals surface area contributed by atoms with Crippen molar-refractivity contribution in [3.05, 3.63) is 255 Å². The molecule has 2 heterocycles. The first-order chi connectivity index (χ1) is 48.9. The molecule has 0 aliphatic rings. The SMILES string of the molecule is CCCCCCCC[Si](CCCCCCCC)(c1ccc([Si](CCCCCCC)(c2ccc3cc4ccccc4cc3c2)n2c3ccccc3c3ccccc32)cc1)c1ccc([Si](CCCCCCC)(c2ccc3cc4ccccc4cc3c2)n2c3ccccc3c3ccccc32)cc1. The van der Waals surface area contributed by atoms with Crippen LogP contribution in [-0.4, -0.2) is 33.0 Å². The second-order valence-electron chi connectivity index (χ2n) is 29.6. The van der Waals surface area contributed by atoms with E-state index in [9.17, 15) is 0 Å². The molecule has 12 aromatic carbocycles. The van der Waals surface area contributed by atoms with Crippen LogP contribution in [0.15, 0.2) is 255 Å². The zero-order valence-electron chi connectivity index (χ0n) is 60.0. The van der Waals surface area contributed by atoms with Crippen molar-refractivity contribution in [2.24, 2.45) is 0 Å². The molecule has 0 aliphatic heterocycles. The zero-order chi connectivity index (χ0) is 67.4. The molecule has 0 amide bonds. The molecule has 2 nitrogen and oxygen atoms in total. The number of rotatable bonds is 34. The van der Waals surface area contributed by atoms with Gasteiger partial charge in [-0.2, -0.15) is 0 Å². The van der Waals surface area contributed by atoms with Crippen molar-refractivity contribution in [1.82, 2.24) is 8.47 Å². The Labute approximate surface area is 594 Å². The Morgan fingerprint density at radius 2 is 0.444 bits per heavy atom. The summed E-state index contributed by atoms with van der Waals surface area (Å²) in [5, 5.41) is 25.4. The summed E-state index contributed by atoms with van der Waals surface area (Å²) in [5.74, 6) is 0. The van der Waals surface area contributed by atoms with Crippen molar-refractivity contribution in [3.63, 3.8) is 0 Å². The molecule has 0 aliphatic carbocycles. The van der Waals surface area contributed by atoms with Crippen molar-refractivity contribution in [2.75, 3.05) is 0 Å². The van der Waals surface area contributed by atoms with E-state index in [-0.39, 0.29) is 0 Å². The van der Waals surface area contributed by atoms with Crippen LogP contribution in [0.25, 0.3) is 86.7 Å². The third kappa shape index (κ3) is 13.6. The van der Waals surface area contributed by atoms with E-state index in [4.69, 9.17) is 0 Å². The Hall–Kier alpha value is -8.07. The second kappa shape index (κ2) is 31.6. The van der Waals surface area contributed by atoms with Gasteiger partial charge in [0.05, 0.1) is 0 Å². The summed E-state index contributed by atoms with van der Waals surface area (Å²) in [6.45, 7) is 9.46. The van der Waals surface area contributed by atoms with Gasteiger partial charge in [-0.05, 0) is 137 Å². The van der Waals surface area contributed by atoms with E-state index < -0.39 is 24.5 Å². The molecule has 0 radical (unpaired) electrons. The normalized spacial score (nSPS) is 13.5. The number of aromatic nitrogens is 2. The lowest BCUT2D eigenvalue weighted by Crippen LogP contribution is -2.65. The second-order valence-corrected chi connectivity index (χ2v) is 41.5. The topological polar surface area (TPSA) is 9.86 Å². The number of hydrogen-bond acceptors (Lipinski definition) is 0. The minimum atomic E-state index is -2.94. The number of para-hydroxylation sites is 4. The molecule has 0 spiro atoms. The maximum atomic E-state index is 2.96. The van der Waals surface area contributed by atoms with Crippen molar-refractivity contribution in [3.8, 4) is 0 Å². The Bertz CT molecular complexity index is 4590. The van der Waals surface area contributed by atoms with Gasteiger partial charge in [-0.3, -0.25) is 0 Å². The summed E-state index contributed by atoms with van der Waals surface area (Å²) < 4.78 is 5.92. The number of unbranched alkanes of at least 4 members (excludes halogenated alkanes) is 18. The van der Waals surface area contributed by atoms with Crippen molar-refractivity contribution < 1.29 is 0 Å². The number of fused-ring (bicyclic) bond motifs is 10. The molecule has 2 unspecified atom stereocenters. The predicted octanol–water partition coefficient (Wildman–Crippen LogP) is 24.0. The maximum Gasteiger partial charge on any atom is 0.225 e. The van der Waals surface area contributed by atoms with Crippen LogP contribution < -0.4 is 31.1 Å². The fourth-order valence-corrected chi connectivity index (χ4v) is 33.3. The molecule has 99 heavy (non-hydrogen) atoms. The van der Waals surface area contributed by atoms with Crippen LogP contribution in [0.2, 0.25) is 24.2 Å². The van der Waals surface area contributed by atoms with Gasteiger partial charge < -0.3 is 8.47 Å². The molecule has 14 rings (SSSR count). The Balaban J connectivity index is 0.984. The molecule has 0 bridgehead atoms. The summed E-state index contributed by atoms with van der Waals surface area (Å²) in [6, 6.07) is 108. The van der Waals surface area contributed by atoms with E-state index >= 15 is 0 Å². The Morgan fingerprint density at radius 3 is 0.768 bits per heavy atom. The number of hydrogen-bond donors (Lipinski definition) is 0. The standard InChI is InChI=1S/C94H106N2Si3/c1-5-9-13-17-21-35-63-97(64-36-22-18-14-10-6-2,81-55-59-83(60-56-81)98(65-37-19-15-11-7-3,95-91-47-31-27-43-87(91)88-44-28-32-48-92(88)95)85-53-51-77-67-73-39-23-25-41-75(73)69-79(77)71-85)82-57-61-84(62-58-82)99(66-38-20-16-12-8-4,96-93-49-33-29-45-89(93)90-46-30-34-50-94(90)96)86-54-52-78-68-74-40-24-26-42-76(74)70-80(78)72-86/h23-34,39-62,67-72H,5-22,35-38,63-66H2,1-4H3. The monoisotopic (exact) mass is 1350 g/mol. The van der Waals surface area contributed by atoms with E-state index in [0.717, 1.165) is 12.1 Å². The Morgan fingerprint density at radius 1 is 0.202 bits per heavy atom. The van der Waals surface area contributed by atoms with Gasteiger partial charge in [-0.25, -0.2) is 0 Å². The molecule has 0 fully saturated rings. The lowest BCUT2D eigenvalue weighted by molar-refractivity contribution is 0.616. The highest BCUT2D eigenvalue weighted by Gasteiger charge is 2.45. The molecular weight excluding hydrogens is 1240 g/mol. The van der Waals surface area contributed by atoms with E-state index in [1.165, 1.54) is 261 Å². The molecule has 0 N–H and O–H groups in total. The van der Waals surface area contributed by atoms with Gasteiger partial charge in [0.2, 0.25) is 16.5 Å². The summed E-state index contributed by atoms with van der Waals surface area (Å²) in [7, 11) is -8.38. The molecule has 2 aromatic heterocycles. The average molecular weight is 1350 g/mol. The summed E-state index contributed by atoms with van der Waals surface area (Å²) in [4.78, 5) is 0. The van der Waals surface area contributed by atoms with Crippen molar-refractivity contribution in [1.29, 1.82) is 0 Å². The van der Waals surface area contributed by atoms with Gasteiger partial charge in [0.25, 0.3) is 0 Å². The lowest BCUT2D eigenvalue weighted by Gasteiger charge is -2.39. The highest BCUT2D eigenvalue weighted by Crippen LogP contribution is 2.38. The predicted molar refractivity (Wildman–Crippen MR) is 444 cm³/mol. The van der Waals surface area contributed by atoms with Gasteiger partial charge in [0, 0.05) is 43.6 Å². The van der Waals surface area contributed by atoms with Crippen LogP contribution >= 0.6 is 0 Å². The lowest BCUT2D eigenvalue weighted by atomic mass is 10.0. The minimum Gasteiger partial charge on any atom is -0.359 e. The first-order valence-corrected chi connectivity index (χ1v) is 45.7. The third-order valence-corrected chi connectivity index (χ3v) is 38.4. The van der Waals surface area contributed by atoms with Gasteiger partial charge >= 0.3 is 0 Å². The number of benzene rings is 12. The highest BCUT2D eigenvalue weighted by molar-refractivity contribution is 7.04. The molecule has 14 aromatic rings. The first kappa shape index (κ1) is 68.1. The number of nitrogens with zero attached hydrogens (tertiary/aromatic N) is 2. The van der Waals surface area contributed by atoms with Crippen LogP contribution in [0.5, 0.6) is 0 Å². The average Bonchev–Trinajstić information content (AvgIpc) is 1.65. The summed E-state index contributed by atoms with van der Waals surface area (Å²) in [6.07, 6.45) is 28.2. The van der Waals surface area contributed by atoms with E-state index in [1.807, 2.05) is 0 Å². The van der Waals surface area contributed by atoms with Crippen molar-refractivity contribution in [2.45, 2.75) is 193 Å². The quantitative estimate of drug-likeness (QED) is 0.0216. The molecule has 504 valence electrons. The Kier molecular flexibility index (Phi) is 21.8. The van der Waals surface area contributed by atoms with E-state index in [2.05, 4.69) is 291 Å². The molecule has 0 saturated heterocycles. The third-order valence-electron chi connectivity index (χ3n) is 23.3. The highest BCUT2D eigenvalue weighted by atomic mass is 28.3. The van der Waals surface area contributed by atoms with Crippen LogP contribution in [0.1, 0.15) is 169 Å². The molecule has 5 heteroatoms. The fourth-order valence-electron chi connectivity index (χ4n) is 18.1. The molecule has 0 saturated carbocycles. The van der Waals surface area contributed by atoms with Gasteiger partial charge in [-0.15, -0.1) is 0 Å². The fraction of sp³-hybridized carbons (Fsp3) is 0.319. The van der Waals surface area contributed by atoms with Crippen LogP contribution in [0.3, 0.4) is 0 Å². The molecule has 2 atom stereocenters. The van der Waals surface area contributed by atoms with Crippen molar-refractivity contribution >= 4 is 142 Å². The van der Waals surface area contributed by atoms with Gasteiger partial charge in [0.15, 0.2) is 0 Å². The summed E-state index contributed by atoms with van der Waals surface area (Å²) >= 11 is 0. The molecular formula is C94H106N2Si3. The van der Waals surface area contributed by atoms with Crippen LogP contribution in [0.4, 0.5) is 0 Å². The van der Waals surface area contributed by atoms with E-state index in [1.54, 1.807) is 10.4 Å². The maximum absolute atomic E-state index is 2.96.